The summed E-state index contributed by atoms with van der Waals surface area (Å²) in [5, 5.41) is 8.48. The first-order chi connectivity index (χ1) is 56.0. The van der Waals surface area contributed by atoms with Gasteiger partial charge in [0, 0.05) is 107 Å². The molecule has 1 N–H and O–H groups in total. The lowest BCUT2D eigenvalue weighted by atomic mass is 9.82. The molecular weight excluding hydrogens is 1740 g/mol. The Morgan fingerprint density at radius 1 is 0.529 bits per heavy atom. The van der Waals surface area contributed by atoms with Crippen molar-refractivity contribution in [3.05, 3.63) is 23.5 Å². The Hall–Kier alpha value is -4.92. The zero-order valence-electron chi connectivity index (χ0n) is 69.1. The Morgan fingerprint density at radius 2 is 0.909 bits per heavy atom. The second kappa shape index (κ2) is 45.7. The molecule has 11 heterocycles. The largest absolute Gasteiger partial charge is 1.00 e. The maximum atomic E-state index is 15.1. The van der Waals surface area contributed by atoms with E-state index >= 15 is 8.78 Å². The van der Waals surface area contributed by atoms with E-state index < -0.39 is 144 Å². The predicted molar refractivity (Wildman–Crippen MR) is 396 cm³/mol. The van der Waals surface area contributed by atoms with Gasteiger partial charge in [-0.25, -0.2) is 4.79 Å². The molecule has 5 aliphatic carbocycles. The zero-order chi connectivity index (χ0) is 89.4. The second-order valence-electron chi connectivity index (χ2n) is 33.8. The molecule has 0 aromatic rings. The number of carbonyl (C=O) groups excluding carboxylic acids is 4. The smallest absolute Gasteiger partial charge is 0.534 e. The van der Waals surface area contributed by atoms with Gasteiger partial charge in [0.15, 0.2) is 23.1 Å². The van der Waals surface area contributed by atoms with Crippen LogP contribution in [0.2, 0.25) is 6.82 Å². The lowest BCUT2D eigenvalue weighted by molar-refractivity contribution is -0.399. The Morgan fingerprint density at radius 3 is 1.32 bits per heavy atom. The zero-order valence-corrected chi connectivity index (χ0v) is 71.5. The fraction of sp³-hybridized carbons (Fsp3) is 0.838. The fourth-order valence-electron chi connectivity index (χ4n) is 14.5. The molecule has 16 rings (SSSR count). The van der Waals surface area contributed by atoms with E-state index in [9.17, 15) is 85.0 Å². The summed E-state index contributed by atoms with van der Waals surface area (Å²) in [6.45, 7) is 17.7. The molecule has 6 bridgehead atoms. The van der Waals surface area contributed by atoms with Crippen molar-refractivity contribution >= 4 is 47.1 Å². The van der Waals surface area contributed by atoms with E-state index in [4.69, 9.17) is 75.8 Å². The van der Waals surface area contributed by atoms with Gasteiger partial charge in [-0.3, -0.25) is 19.2 Å². The molecule has 0 aromatic carbocycles. The van der Waals surface area contributed by atoms with Gasteiger partial charge in [0.1, 0.15) is 49.8 Å². The summed E-state index contributed by atoms with van der Waals surface area (Å²) >= 11 is 0. The third-order valence-electron chi connectivity index (χ3n) is 22.2. The number of fused-ring (bicyclic) bond motifs is 9. The molecule has 41 heteroatoms. The molecule has 11 aliphatic heterocycles. The molecule has 22 nitrogen and oxygen atoms in total. The standard InChI is InChI=1S/C16H21F5O6S.C15H22F2O4.C15H20F2O4.C15H20F2O3.C10H12F2O2.C8H14O3.CH3BF.BrH.F2/c1-13-8-25-14(10-24-13,26-9-13)7-11-5-3-2-4-6-12(15(11,17)18)27-28(22,23)16(19,20)21;1-13-8-20-14(10-19-13,21-9-13)7-11-5-3-2-4-6-12(18)15(11,16)17;1-14(8-20-9-14)10-21-13(19)7-11-5-3-2-4-6-12(18)15(11,16)17;1-13-9-19-14(11-18-13,20-10-13)8-12-6-4-2-3-5-7-15(12,16)17;11-10(12)6-4-2-1-3-5-8(10)7-9(13)14;1-3-7(9)11-6-8(2)4-10-5-8;1-2-3;;1-2/h6,11H,2-5,7-10H2,1H3;11H,2-10H2,1H3;7H,2-6,8-10H2,1H3;12H,2-4,6,8-11H2,1H3;8H,1-3,5,7H2,(H,13,14);3-6H2,1-2H3;1H3;1H;/p-1/b12-6+;;;;;;;;. The molecule has 4 atom stereocenters. The average Bonchev–Trinajstić information content (AvgIpc) is 0.840. The first kappa shape index (κ1) is 107. The minimum atomic E-state index is -6.21. The highest BCUT2D eigenvalue weighted by molar-refractivity contribution is 7.87. The lowest BCUT2D eigenvalue weighted by Gasteiger charge is -2.52. The van der Waals surface area contributed by atoms with Crippen molar-refractivity contribution in [2.45, 2.75) is 291 Å². The summed E-state index contributed by atoms with van der Waals surface area (Å²) in [7, 11) is -5.71. The van der Waals surface area contributed by atoms with Crippen molar-refractivity contribution in [1.29, 1.82) is 0 Å². The molecule has 4 unspecified atom stereocenters. The van der Waals surface area contributed by atoms with Gasteiger partial charge < -0.3 is 92.2 Å². The minimum absolute atomic E-state index is 0. The van der Waals surface area contributed by atoms with Gasteiger partial charge in [-0.1, -0.05) is 78.0 Å². The maximum Gasteiger partial charge on any atom is 0.534 e. The SMILES string of the molecule is CC1(COC(=O)C=C2CCCCCC(=O)C2(F)F)COC1.CC12COC(CC3CCCC/C=C(/OS(=O)(=O)C(F)(F)F)C3(F)F)(CO1)OC2.CC12COC(CC3CCCCC#CC3(F)F)(CO1)OC2.CC12COC(CC3CCCCCC(=O)C3(F)F)(CO1)OC2.CCC(=O)OCC1(C)COC1.C[B]F.FF.O=C(O)CC1CCCCC#CC1(F)F.[Br-]. The molecule has 121 heavy (non-hydrogen) atoms. The van der Waals surface area contributed by atoms with Crippen molar-refractivity contribution in [1.82, 2.24) is 0 Å². The van der Waals surface area contributed by atoms with Crippen LogP contribution in [0.3, 0.4) is 0 Å². The highest BCUT2D eigenvalue weighted by atomic mass is 79.9. The molecule has 1 radical (unpaired) electrons. The van der Waals surface area contributed by atoms with Gasteiger partial charge in [0.25, 0.3) is 0 Å². The number of Topliss-reactive ketones (excluding diaryl/α,β-unsaturated/α-hetero) is 2. The van der Waals surface area contributed by atoms with E-state index in [1.807, 2.05) is 26.7 Å². The van der Waals surface area contributed by atoms with Crippen molar-refractivity contribution in [2.24, 2.45) is 34.5 Å². The first-order valence-electron chi connectivity index (χ1n) is 40.4. The van der Waals surface area contributed by atoms with Crippen molar-refractivity contribution < 1.29 is 191 Å². The summed E-state index contributed by atoms with van der Waals surface area (Å²) in [6.07, 6.45) is 10.7. The van der Waals surface area contributed by atoms with Crippen LogP contribution in [0.5, 0.6) is 0 Å². The number of allylic oxidation sites excluding steroid dienone is 3. The van der Waals surface area contributed by atoms with Gasteiger partial charge in [-0.15, -0.1) is 0 Å². The number of alkyl halides is 13. The van der Waals surface area contributed by atoms with E-state index in [1.165, 1.54) is 6.82 Å². The number of carboxylic acid groups (broad SMARTS) is 1. The number of rotatable bonds is 16. The van der Waals surface area contributed by atoms with E-state index in [1.54, 1.807) is 13.8 Å². The van der Waals surface area contributed by atoms with Crippen LogP contribution >= 0.6 is 0 Å². The normalized spacial score (nSPS) is 33.1. The van der Waals surface area contributed by atoms with E-state index in [0.29, 0.717) is 157 Å². The van der Waals surface area contributed by atoms with E-state index in [2.05, 4.69) is 28.9 Å². The maximum absolute atomic E-state index is 15.1. The molecule has 11 saturated heterocycles. The molecule has 693 valence electrons. The van der Waals surface area contributed by atoms with E-state index in [-0.39, 0.29) is 131 Å². The van der Waals surface area contributed by atoms with Crippen LogP contribution in [0, 0.1) is 58.2 Å². The molecule has 2 saturated carbocycles. The Labute approximate surface area is 706 Å². The number of ketones is 2. The number of hydrogen-bond donors (Lipinski definition) is 1. The number of esters is 2. The third-order valence-corrected chi connectivity index (χ3v) is 23.2. The number of carboxylic acids is 1. The quantitative estimate of drug-likeness (QED) is 0.0286. The van der Waals surface area contributed by atoms with Crippen LogP contribution in [-0.2, 0) is 99.9 Å². The summed E-state index contributed by atoms with van der Waals surface area (Å²) in [5.41, 5.74) is -7.94. The van der Waals surface area contributed by atoms with Gasteiger partial charge in [0.2, 0.25) is 11.6 Å². The minimum Gasteiger partial charge on any atom is -1.00 e. The first-order valence-corrected chi connectivity index (χ1v) is 41.8. The number of aliphatic carboxylic acids is 1. The van der Waals surface area contributed by atoms with Gasteiger partial charge >= 0.3 is 70.7 Å². The van der Waals surface area contributed by atoms with Crippen LogP contribution < -0.4 is 17.0 Å². The number of hydrogen-bond acceptors (Lipinski definition) is 21. The monoisotopic (exact) mass is 1850 g/mol. The highest BCUT2D eigenvalue weighted by Crippen LogP contribution is 2.50. The number of halogens is 17. The van der Waals surface area contributed by atoms with Crippen LogP contribution in [0.25, 0.3) is 0 Å². The summed E-state index contributed by atoms with van der Waals surface area (Å²) in [4.78, 5) is 56.0. The van der Waals surface area contributed by atoms with E-state index in [0.717, 1.165) is 31.8 Å². The number of ether oxygens (including phenoxy) is 13. The Kier molecular flexibility index (Phi) is 40.2. The van der Waals surface area contributed by atoms with Crippen molar-refractivity contribution in [3.8, 4) is 23.7 Å². The Balaban J connectivity index is 0.000000260. The topological polar surface area (TPSA) is 269 Å². The highest BCUT2D eigenvalue weighted by Gasteiger charge is 2.60. The van der Waals surface area contributed by atoms with Crippen molar-refractivity contribution in [2.75, 3.05) is 99.1 Å². The number of carbonyl (C=O) groups is 5. The van der Waals surface area contributed by atoms with Crippen LogP contribution in [0.4, 0.5) is 70.5 Å². The Bertz CT molecular complexity index is 3600. The van der Waals surface area contributed by atoms with Gasteiger partial charge in [-0.05, 0) is 116 Å². The summed E-state index contributed by atoms with van der Waals surface area (Å²) < 4.78 is 303. The second-order valence-corrected chi connectivity index (χ2v) is 35.3. The van der Waals surface area contributed by atoms with Crippen molar-refractivity contribution in [3.63, 3.8) is 0 Å². The molecule has 0 aromatic heterocycles. The predicted octanol–water partition coefficient (Wildman–Crippen LogP) is 13.3. The van der Waals surface area contributed by atoms with Crippen LogP contribution in [-0.4, -0.2) is 219 Å². The molecule has 13 fully saturated rings. The third kappa shape index (κ3) is 31.2. The summed E-state index contributed by atoms with van der Waals surface area (Å²) in [5.74, 6) is -21.7. The van der Waals surface area contributed by atoms with Crippen LogP contribution in [0.15, 0.2) is 23.5 Å². The molecule has 0 amide bonds. The molecule has 0 spiro atoms. The van der Waals surface area contributed by atoms with Gasteiger partial charge in [-0.2, -0.15) is 65.5 Å². The lowest BCUT2D eigenvalue weighted by Crippen LogP contribution is -3.00. The van der Waals surface area contributed by atoms with Gasteiger partial charge in [0.05, 0.1) is 72.5 Å². The van der Waals surface area contributed by atoms with Crippen LogP contribution in [0.1, 0.15) is 215 Å². The average molecular weight is 1850 g/mol. The summed E-state index contributed by atoms with van der Waals surface area (Å²) in [6, 6.07) is 0. The molecular formula is C80H112BBrF16O22S-. The fourth-order valence-corrected chi connectivity index (χ4v) is 15.0. The molecule has 16 aliphatic rings.